The maximum Gasteiger partial charge on any atom is 0.0585 e. The zero-order valence-electron chi connectivity index (χ0n) is 12.8. The van der Waals surface area contributed by atoms with E-state index in [0.29, 0.717) is 0 Å². The summed E-state index contributed by atoms with van der Waals surface area (Å²) in [6.45, 7) is 1.57. The van der Waals surface area contributed by atoms with E-state index in [1.807, 2.05) is 18.2 Å². The quantitative estimate of drug-likeness (QED) is 0.401. The lowest BCUT2D eigenvalue weighted by Crippen LogP contribution is -1.93. The summed E-state index contributed by atoms with van der Waals surface area (Å²) in [7, 11) is 0. The normalized spacial score (nSPS) is 12.8. The molecule has 0 N–H and O–H groups in total. The van der Waals surface area contributed by atoms with Crippen molar-refractivity contribution < 1.29 is 0 Å². The van der Waals surface area contributed by atoms with Crippen molar-refractivity contribution in [1.29, 1.82) is 0 Å². The summed E-state index contributed by atoms with van der Waals surface area (Å²) in [5, 5.41) is 4.73. The highest BCUT2D eigenvalue weighted by Crippen LogP contribution is 2.19. The number of thiocarbonyl (C=S) groups is 2. The van der Waals surface area contributed by atoms with Gasteiger partial charge in [-0.3, -0.25) is 0 Å². The van der Waals surface area contributed by atoms with Crippen LogP contribution in [0.5, 0.6) is 0 Å². The zero-order valence-corrected chi connectivity index (χ0v) is 14.5. The Morgan fingerprint density at radius 2 is 1.59 bits per heavy atom. The first-order valence-corrected chi connectivity index (χ1v) is 8.47. The van der Waals surface area contributed by atoms with Gasteiger partial charge in [0, 0.05) is 0 Å². The minimum Gasteiger partial charge on any atom is -0.232 e. The molecule has 0 amide bonds. The van der Waals surface area contributed by atoms with Crippen molar-refractivity contribution in [3.05, 3.63) is 47.5 Å². The molecule has 0 fully saturated rings. The standard InChI is InChI=1S/C9H13NS.C9H9NS/c2*11-8-10-7-6-9-4-2-1-3-5-9/h4H,1-3,5-7H2;1-5H,6-7H2. The molecule has 2 rings (SSSR count). The molecule has 116 valence electrons. The highest BCUT2D eigenvalue weighted by atomic mass is 32.1. The van der Waals surface area contributed by atoms with Gasteiger partial charge < -0.3 is 0 Å². The molecule has 0 unspecified atom stereocenters. The number of rotatable bonds is 6. The predicted molar refractivity (Wildman–Crippen MR) is 101 cm³/mol. The molecule has 1 aromatic rings. The van der Waals surface area contributed by atoms with Gasteiger partial charge in [0.15, 0.2) is 0 Å². The van der Waals surface area contributed by atoms with Gasteiger partial charge in [-0.25, -0.2) is 9.98 Å². The topological polar surface area (TPSA) is 24.7 Å². The van der Waals surface area contributed by atoms with Crippen LogP contribution in [0.25, 0.3) is 0 Å². The molecule has 0 atom stereocenters. The Labute approximate surface area is 144 Å². The molecule has 1 aromatic carbocycles. The smallest absolute Gasteiger partial charge is 0.0585 e. The maximum absolute atomic E-state index is 4.48. The van der Waals surface area contributed by atoms with E-state index in [0.717, 1.165) is 25.9 Å². The first kappa shape index (κ1) is 18.6. The van der Waals surface area contributed by atoms with Crippen LogP contribution in [0.2, 0.25) is 0 Å². The lowest BCUT2D eigenvalue weighted by atomic mass is 9.97. The van der Waals surface area contributed by atoms with Gasteiger partial charge in [-0.15, -0.1) is 0 Å². The van der Waals surface area contributed by atoms with Gasteiger partial charge >= 0.3 is 0 Å². The van der Waals surface area contributed by atoms with Gasteiger partial charge in [0.25, 0.3) is 0 Å². The van der Waals surface area contributed by atoms with E-state index in [1.54, 1.807) is 5.57 Å². The van der Waals surface area contributed by atoms with E-state index in [-0.39, 0.29) is 0 Å². The Kier molecular flexibility index (Phi) is 11.2. The summed E-state index contributed by atoms with van der Waals surface area (Å²) in [5.74, 6) is 0. The molecule has 0 heterocycles. The number of hydrogen-bond donors (Lipinski definition) is 0. The van der Waals surface area contributed by atoms with Crippen molar-refractivity contribution in [3.63, 3.8) is 0 Å². The Morgan fingerprint density at radius 1 is 0.909 bits per heavy atom. The van der Waals surface area contributed by atoms with Crippen molar-refractivity contribution in [2.75, 3.05) is 13.1 Å². The average Bonchev–Trinajstić information content (AvgIpc) is 2.58. The lowest BCUT2D eigenvalue weighted by molar-refractivity contribution is 0.677. The van der Waals surface area contributed by atoms with Crippen LogP contribution < -0.4 is 0 Å². The molecule has 0 bridgehead atoms. The fourth-order valence-electron chi connectivity index (χ4n) is 2.25. The van der Waals surface area contributed by atoms with E-state index in [4.69, 9.17) is 0 Å². The summed E-state index contributed by atoms with van der Waals surface area (Å²) < 4.78 is 0. The molecule has 1 aliphatic rings. The molecule has 4 heteroatoms. The second kappa shape index (κ2) is 13.2. The third-order valence-electron chi connectivity index (χ3n) is 3.41. The van der Waals surface area contributed by atoms with E-state index < -0.39 is 0 Å². The number of isothiocyanates is 2. The van der Waals surface area contributed by atoms with E-state index in [1.165, 1.54) is 31.2 Å². The molecule has 0 radical (unpaired) electrons. The second-order valence-corrected chi connectivity index (χ2v) is 5.40. The molecule has 0 aromatic heterocycles. The fourth-order valence-corrected chi connectivity index (χ4v) is 2.43. The molecule has 0 aliphatic heterocycles. The Bertz CT molecular complexity index is 539. The van der Waals surface area contributed by atoms with E-state index >= 15 is 0 Å². The van der Waals surface area contributed by atoms with Crippen molar-refractivity contribution >= 4 is 34.8 Å². The molecular weight excluding hydrogens is 308 g/mol. The summed E-state index contributed by atoms with van der Waals surface area (Å²) in [5.41, 5.74) is 2.85. The third kappa shape index (κ3) is 9.49. The number of allylic oxidation sites excluding steroid dienone is 1. The summed E-state index contributed by atoms with van der Waals surface area (Å²) in [4.78, 5) is 7.72. The van der Waals surface area contributed by atoms with Crippen molar-refractivity contribution in [1.82, 2.24) is 0 Å². The number of nitrogens with zero attached hydrogens (tertiary/aromatic N) is 2. The number of aliphatic imine (C=N–C) groups is 2. The van der Waals surface area contributed by atoms with Gasteiger partial charge in [-0.2, -0.15) is 0 Å². The molecule has 0 saturated carbocycles. The summed E-state index contributed by atoms with van der Waals surface area (Å²) >= 11 is 8.93. The van der Waals surface area contributed by atoms with Crippen molar-refractivity contribution in [3.8, 4) is 0 Å². The van der Waals surface area contributed by atoms with Gasteiger partial charge in [-0.1, -0.05) is 42.0 Å². The fraction of sp³-hybridized carbons (Fsp3) is 0.444. The van der Waals surface area contributed by atoms with Gasteiger partial charge in [0.1, 0.15) is 0 Å². The van der Waals surface area contributed by atoms with Gasteiger partial charge in [-0.05, 0) is 68.5 Å². The summed E-state index contributed by atoms with van der Waals surface area (Å²) in [6, 6.07) is 10.2. The number of hydrogen-bond acceptors (Lipinski definition) is 4. The largest absolute Gasteiger partial charge is 0.232 e. The molecule has 0 spiro atoms. The summed E-state index contributed by atoms with van der Waals surface area (Å²) in [6.07, 6.45) is 9.63. The SMILES string of the molecule is S=C=NCCC1=CCCCC1.S=C=NCCc1ccccc1. The lowest BCUT2D eigenvalue weighted by Gasteiger charge is -2.10. The molecule has 0 saturated heterocycles. The van der Waals surface area contributed by atoms with Crippen LogP contribution in [0.1, 0.15) is 37.7 Å². The van der Waals surface area contributed by atoms with Crippen LogP contribution in [0.4, 0.5) is 0 Å². The number of benzene rings is 1. The zero-order chi connectivity index (χ0) is 15.9. The minimum absolute atomic E-state index is 0.744. The Hall–Kier alpha value is -1.44. The molecule has 1 aliphatic carbocycles. The van der Waals surface area contributed by atoms with E-state index in [9.17, 15) is 0 Å². The third-order valence-corrected chi connectivity index (χ3v) is 3.67. The predicted octanol–water partition coefficient (Wildman–Crippen LogP) is 5.31. The Balaban J connectivity index is 0.000000220. The van der Waals surface area contributed by atoms with E-state index in [2.05, 4.69) is 63.0 Å². The Morgan fingerprint density at radius 3 is 2.18 bits per heavy atom. The maximum atomic E-state index is 4.48. The van der Waals surface area contributed by atoms with Crippen LogP contribution in [0.3, 0.4) is 0 Å². The van der Waals surface area contributed by atoms with Crippen LogP contribution in [0.15, 0.2) is 52.0 Å². The molecular formula is C18H22N2S2. The van der Waals surface area contributed by atoms with Crippen LogP contribution >= 0.6 is 24.4 Å². The van der Waals surface area contributed by atoms with Crippen LogP contribution in [-0.2, 0) is 6.42 Å². The highest BCUT2D eigenvalue weighted by molar-refractivity contribution is 7.78. The van der Waals surface area contributed by atoms with Gasteiger partial charge in [0.2, 0.25) is 0 Å². The first-order valence-electron chi connectivity index (χ1n) is 7.66. The molecule has 2 nitrogen and oxygen atoms in total. The molecule has 22 heavy (non-hydrogen) atoms. The van der Waals surface area contributed by atoms with Crippen LogP contribution in [0, 0.1) is 0 Å². The average molecular weight is 331 g/mol. The second-order valence-electron chi connectivity index (χ2n) is 5.04. The van der Waals surface area contributed by atoms with Crippen molar-refractivity contribution in [2.24, 2.45) is 9.98 Å². The highest BCUT2D eigenvalue weighted by Gasteiger charge is 2.01. The minimum atomic E-state index is 0.744. The monoisotopic (exact) mass is 330 g/mol. The first-order chi connectivity index (χ1) is 10.9. The van der Waals surface area contributed by atoms with Gasteiger partial charge in [0.05, 0.1) is 23.4 Å². The van der Waals surface area contributed by atoms with Crippen molar-refractivity contribution in [2.45, 2.75) is 38.5 Å². The van der Waals surface area contributed by atoms with Crippen LogP contribution in [-0.4, -0.2) is 23.4 Å².